The van der Waals surface area contributed by atoms with E-state index in [1.165, 1.54) is 6.07 Å². The zero-order valence-corrected chi connectivity index (χ0v) is 16.0. The van der Waals surface area contributed by atoms with Crippen LogP contribution in [0.3, 0.4) is 0 Å². The molecule has 0 radical (unpaired) electrons. The molecule has 1 aliphatic carbocycles. The molecule has 1 aromatic heterocycles. The highest BCUT2D eigenvalue weighted by molar-refractivity contribution is 6.29. The van der Waals surface area contributed by atoms with Crippen molar-refractivity contribution in [2.75, 3.05) is 0 Å². The molecule has 0 amide bonds. The Kier molecular flexibility index (Phi) is 4.94. The highest BCUT2D eigenvalue weighted by atomic mass is 35.5. The van der Waals surface area contributed by atoms with Gasteiger partial charge in [-0.2, -0.15) is 13.2 Å². The summed E-state index contributed by atoms with van der Waals surface area (Å²) in [5.74, 6) is -0.0955. The number of rotatable bonds is 4. The summed E-state index contributed by atoms with van der Waals surface area (Å²) in [7, 11) is 0. The van der Waals surface area contributed by atoms with Gasteiger partial charge in [-0.25, -0.2) is 4.39 Å². The molecule has 0 bridgehead atoms. The number of alkyl halides is 3. The zero-order valence-electron chi connectivity index (χ0n) is 15.2. The summed E-state index contributed by atoms with van der Waals surface area (Å²) < 4.78 is 59.2. The lowest BCUT2D eigenvalue weighted by Gasteiger charge is -2.16. The van der Waals surface area contributed by atoms with Crippen molar-refractivity contribution in [2.24, 2.45) is 0 Å². The largest absolute Gasteiger partial charge is 0.436 e. The molecule has 0 spiro atoms. The van der Waals surface area contributed by atoms with Gasteiger partial charge in [-0.05, 0) is 55.0 Å². The number of hydrogen-bond donors (Lipinski definition) is 0. The van der Waals surface area contributed by atoms with E-state index in [-0.39, 0.29) is 22.2 Å². The molecule has 29 heavy (non-hydrogen) atoms. The van der Waals surface area contributed by atoms with Crippen LogP contribution in [-0.4, -0.2) is 10.2 Å². The van der Waals surface area contributed by atoms with Crippen LogP contribution in [0.15, 0.2) is 42.5 Å². The van der Waals surface area contributed by atoms with Crippen LogP contribution in [-0.2, 0) is 6.18 Å². The van der Waals surface area contributed by atoms with Crippen molar-refractivity contribution in [2.45, 2.75) is 31.9 Å². The molecule has 0 atom stereocenters. The molecule has 1 fully saturated rings. The average molecular weight is 423 g/mol. The Balaban J connectivity index is 1.79. The predicted octanol–water partition coefficient (Wildman–Crippen LogP) is 6.93. The van der Waals surface area contributed by atoms with E-state index in [1.54, 1.807) is 0 Å². The number of ether oxygens (including phenoxy) is 1. The van der Waals surface area contributed by atoms with Crippen molar-refractivity contribution in [1.82, 2.24) is 10.2 Å². The monoisotopic (exact) mass is 422 g/mol. The van der Waals surface area contributed by atoms with Crippen molar-refractivity contribution in [3.63, 3.8) is 0 Å². The second kappa shape index (κ2) is 7.30. The molecule has 2 aromatic carbocycles. The molecule has 3 aromatic rings. The van der Waals surface area contributed by atoms with E-state index >= 15 is 0 Å². The fourth-order valence-corrected chi connectivity index (χ4v) is 3.31. The molecule has 4 rings (SSSR count). The first-order valence-electron chi connectivity index (χ1n) is 8.91. The van der Waals surface area contributed by atoms with Crippen LogP contribution in [0.25, 0.3) is 11.1 Å². The third kappa shape index (κ3) is 4.05. The summed E-state index contributed by atoms with van der Waals surface area (Å²) in [6.07, 6.45) is -2.55. The van der Waals surface area contributed by atoms with Gasteiger partial charge in [0.05, 0.1) is 11.1 Å². The SMILES string of the molecule is Cc1cccc(C2CC2)c1Oc1nnc(Cl)cc1-c1ccc(C(F)(F)F)cc1F. The highest BCUT2D eigenvalue weighted by Crippen LogP contribution is 2.47. The number of halogens is 5. The first kappa shape index (κ1) is 19.6. The summed E-state index contributed by atoms with van der Waals surface area (Å²) in [6, 6.07) is 9.38. The van der Waals surface area contributed by atoms with Gasteiger partial charge in [0.1, 0.15) is 11.6 Å². The molecule has 150 valence electrons. The molecule has 1 heterocycles. The topological polar surface area (TPSA) is 35.0 Å². The normalized spacial score (nSPS) is 14.1. The van der Waals surface area contributed by atoms with Gasteiger partial charge in [0.2, 0.25) is 5.88 Å². The second-order valence-corrected chi connectivity index (χ2v) is 7.34. The third-order valence-corrected chi connectivity index (χ3v) is 4.96. The maximum Gasteiger partial charge on any atom is 0.416 e. The van der Waals surface area contributed by atoms with Crippen LogP contribution in [0, 0.1) is 12.7 Å². The Morgan fingerprint density at radius 1 is 1.03 bits per heavy atom. The predicted molar refractivity (Wildman–Crippen MR) is 101 cm³/mol. The van der Waals surface area contributed by atoms with Crippen LogP contribution in [0.2, 0.25) is 5.15 Å². The molecule has 8 heteroatoms. The van der Waals surface area contributed by atoms with E-state index < -0.39 is 17.6 Å². The number of nitrogens with zero attached hydrogens (tertiary/aromatic N) is 2. The Labute approximate surface area is 169 Å². The minimum atomic E-state index is -4.65. The van der Waals surface area contributed by atoms with Crippen LogP contribution >= 0.6 is 11.6 Å². The lowest BCUT2D eigenvalue weighted by molar-refractivity contribution is -0.137. The standard InChI is InChI=1S/C21H15ClF4N2O/c1-11-3-2-4-14(12-5-6-12)19(11)29-20-16(10-18(22)27-28-20)15-8-7-13(9-17(15)23)21(24,25)26/h2-4,7-10,12H,5-6H2,1H3. The van der Waals surface area contributed by atoms with E-state index in [4.69, 9.17) is 16.3 Å². The summed E-state index contributed by atoms with van der Waals surface area (Å²) in [4.78, 5) is 0. The number of aryl methyl sites for hydroxylation is 1. The Bertz CT molecular complexity index is 1080. The van der Waals surface area contributed by atoms with Crippen LogP contribution in [0.1, 0.15) is 35.4 Å². The Hall–Kier alpha value is -2.67. The quantitative estimate of drug-likeness (QED) is 0.427. The maximum atomic E-state index is 14.6. The van der Waals surface area contributed by atoms with Crippen molar-refractivity contribution in [3.8, 4) is 22.8 Å². The van der Waals surface area contributed by atoms with Gasteiger partial charge < -0.3 is 4.74 Å². The van der Waals surface area contributed by atoms with Gasteiger partial charge in [-0.1, -0.05) is 35.9 Å². The molecule has 0 aliphatic heterocycles. The van der Waals surface area contributed by atoms with E-state index in [0.29, 0.717) is 17.7 Å². The fourth-order valence-electron chi connectivity index (χ4n) is 3.16. The minimum Gasteiger partial charge on any atom is -0.436 e. The molecular formula is C21H15ClF4N2O. The Morgan fingerprint density at radius 3 is 2.45 bits per heavy atom. The average Bonchev–Trinajstić information content (AvgIpc) is 3.49. The fraction of sp³-hybridized carbons (Fsp3) is 0.238. The van der Waals surface area contributed by atoms with Gasteiger partial charge in [0.25, 0.3) is 0 Å². The summed E-state index contributed by atoms with van der Waals surface area (Å²) in [5.41, 5.74) is 0.822. The van der Waals surface area contributed by atoms with Crippen LogP contribution < -0.4 is 4.74 Å². The first-order chi connectivity index (χ1) is 13.7. The molecule has 3 nitrogen and oxygen atoms in total. The summed E-state index contributed by atoms with van der Waals surface area (Å²) in [6.45, 7) is 1.88. The van der Waals surface area contributed by atoms with E-state index in [1.807, 2.05) is 25.1 Å². The third-order valence-electron chi connectivity index (χ3n) is 4.78. The van der Waals surface area contributed by atoms with Crippen molar-refractivity contribution in [3.05, 3.63) is 70.1 Å². The maximum absolute atomic E-state index is 14.6. The lowest BCUT2D eigenvalue weighted by atomic mass is 10.0. The van der Waals surface area contributed by atoms with Crippen LogP contribution in [0.4, 0.5) is 17.6 Å². The van der Waals surface area contributed by atoms with Crippen molar-refractivity contribution < 1.29 is 22.3 Å². The van der Waals surface area contributed by atoms with Gasteiger partial charge in [-0.3, -0.25) is 0 Å². The smallest absolute Gasteiger partial charge is 0.416 e. The summed E-state index contributed by atoms with van der Waals surface area (Å²) in [5, 5.41) is 7.66. The van der Waals surface area contributed by atoms with E-state index in [9.17, 15) is 17.6 Å². The number of para-hydroxylation sites is 1. The number of aromatic nitrogens is 2. The van der Waals surface area contributed by atoms with Crippen molar-refractivity contribution in [1.29, 1.82) is 0 Å². The number of hydrogen-bond acceptors (Lipinski definition) is 3. The molecule has 0 saturated heterocycles. The van der Waals surface area contributed by atoms with Crippen LogP contribution in [0.5, 0.6) is 11.6 Å². The van der Waals surface area contributed by atoms with E-state index in [0.717, 1.165) is 36.1 Å². The van der Waals surface area contributed by atoms with E-state index in [2.05, 4.69) is 10.2 Å². The summed E-state index contributed by atoms with van der Waals surface area (Å²) >= 11 is 5.92. The van der Waals surface area contributed by atoms with Gasteiger partial charge in [0, 0.05) is 5.56 Å². The lowest BCUT2D eigenvalue weighted by Crippen LogP contribution is -2.06. The van der Waals surface area contributed by atoms with Gasteiger partial charge in [0.15, 0.2) is 5.15 Å². The molecular weight excluding hydrogens is 408 g/mol. The molecule has 1 aliphatic rings. The molecule has 0 unspecified atom stereocenters. The first-order valence-corrected chi connectivity index (χ1v) is 9.29. The Morgan fingerprint density at radius 2 is 1.79 bits per heavy atom. The number of benzene rings is 2. The zero-order chi connectivity index (χ0) is 20.8. The molecule has 1 saturated carbocycles. The van der Waals surface area contributed by atoms with Crippen molar-refractivity contribution >= 4 is 11.6 Å². The second-order valence-electron chi connectivity index (χ2n) is 6.95. The minimum absolute atomic E-state index is 0.0238. The van der Waals surface area contributed by atoms with Gasteiger partial charge in [-0.15, -0.1) is 10.2 Å². The van der Waals surface area contributed by atoms with Gasteiger partial charge >= 0.3 is 6.18 Å². The molecule has 0 N–H and O–H groups in total. The highest BCUT2D eigenvalue weighted by Gasteiger charge is 2.32.